The maximum atomic E-state index is 6.37. The van der Waals surface area contributed by atoms with Crippen LogP contribution < -0.4 is 0 Å². The summed E-state index contributed by atoms with van der Waals surface area (Å²) >= 11 is 9.89. The molecule has 1 atom stereocenters. The highest BCUT2D eigenvalue weighted by Crippen LogP contribution is 2.30. The van der Waals surface area contributed by atoms with Gasteiger partial charge in [-0.3, -0.25) is 0 Å². The van der Waals surface area contributed by atoms with Gasteiger partial charge in [0.1, 0.15) is 5.82 Å². The minimum Gasteiger partial charge on any atom is -0.326 e. The normalized spacial score (nSPS) is 13.8. The fourth-order valence-electron chi connectivity index (χ4n) is 3.02. The first-order valence-electron chi connectivity index (χ1n) is 7.61. The lowest BCUT2D eigenvalue weighted by molar-refractivity contribution is 0.252. The minimum absolute atomic E-state index is 0.0869. The van der Waals surface area contributed by atoms with E-state index >= 15 is 0 Å². The first kappa shape index (κ1) is 16.8. The molecule has 0 radical (unpaired) electrons. The van der Waals surface area contributed by atoms with Gasteiger partial charge in [-0.2, -0.15) is 0 Å². The van der Waals surface area contributed by atoms with E-state index in [1.165, 1.54) is 5.52 Å². The van der Waals surface area contributed by atoms with Crippen LogP contribution in [0.4, 0.5) is 0 Å². The summed E-state index contributed by atoms with van der Waals surface area (Å²) in [6, 6.07) is 6.27. The molecule has 0 saturated carbocycles. The van der Waals surface area contributed by atoms with Crippen LogP contribution in [0.5, 0.6) is 0 Å². The van der Waals surface area contributed by atoms with Crippen molar-refractivity contribution in [2.75, 3.05) is 0 Å². The molecular formula is C17H24BrClN2. The summed E-state index contributed by atoms with van der Waals surface area (Å²) in [5, 5.41) is -0.0869. The van der Waals surface area contributed by atoms with E-state index in [0.29, 0.717) is 17.8 Å². The molecule has 0 fully saturated rings. The van der Waals surface area contributed by atoms with E-state index in [9.17, 15) is 0 Å². The van der Waals surface area contributed by atoms with Gasteiger partial charge < -0.3 is 4.57 Å². The molecule has 0 aliphatic rings. The third-order valence-corrected chi connectivity index (χ3v) is 4.89. The Labute approximate surface area is 141 Å². The Hall–Kier alpha value is -0.540. The number of alkyl halides is 1. The van der Waals surface area contributed by atoms with Crippen molar-refractivity contribution >= 4 is 38.6 Å². The third kappa shape index (κ3) is 3.62. The molecule has 1 aromatic carbocycles. The predicted octanol–water partition coefficient (Wildman–Crippen LogP) is 6.03. The molecule has 0 aliphatic carbocycles. The zero-order valence-corrected chi connectivity index (χ0v) is 15.7. The van der Waals surface area contributed by atoms with E-state index in [1.54, 1.807) is 0 Å². The number of benzene rings is 1. The van der Waals surface area contributed by atoms with Crippen molar-refractivity contribution in [3.05, 3.63) is 28.5 Å². The molecule has 0 saturated heterocycles. The Morgan fingerprint density at radius 1 is 1.14 bits per heavy atom. The van der Waals surface area contributed by atoms with Crippen molar-refractivity contribution in [2.45, 2.75) is 46.5 Å². The highest BCUT2D eigenvalue weighted by atomic mass is 79.9. The lowest BCUT2D eigenvalue weighted by Crippen LogP contribution is -2.23. The van der Waals surface area contributed by atoms with Gasteiger partial charge in [-0.1, -0.05) is 43.6 Å². The van der Waals surface area contributed by atoms with Gasteiger partial charge in [-0.05, 0) is 42.9 Å². The van der Waals surface area contributed by atoms with Crippen molar-refractivity contribution in [1.29, 1.82) is 0 Å². The number of aromatic nitrogens is 2. The Morgan fingerprint density at radius 2 is 1.76 bits per heavy atom. The van der Waals surface area contributed by atoms with Gasteiger partial charge in [0.15, 0.2) is 0 Å². The Morgan fingerprint density at radius 3 is 2.29 bits per heavy atom. The summed E-state index contributed by atoms with van der Waals surface area (Å²) in [7, 11) is 0. The molecule has 116 valence electrons. The Bertz CT molecular complexity index is 609. The second kappa shape index (κ2) is 6.70. The number of nitrogens with zero attached hydrogens (tertiary/aromatic N) is 2. The maximum absolute atomic E-state index is 6.37. The fraction of sp³-hybridized carbons (Fsp3) is 0.588. The smallest absolute Gasteiger partial charge is 0.127 e. The lowest BCUT2D eigenvalue weighted by atomic mass is 9.85. The maximum Gasteiger partial charge on any atom is 0.127 e. The molecule has 4 heteroatoms. The average Bonchev–Trinajstić information content (AvgIpc) is 2.72. The van der Waals surface area contributed by atoms with Crippen LogP contribution in [0.2, 0.25) is 0 Å². The van der Waals surface area contributed by atoms with Crippen LogP contribution in [0.25, 0.3) is 11.0 Å². The van der Waals surface area contributed by atoms with Crippen LogP contribution in [0.15, 0.2) is 22.7 Å². The van der Waals surface area contributed by atoms with Crippen LogP contribution in [-0.4, -0.2) is 9.55 Å². The average molecular weight is 372 g/mol. The summed E-state index contributed by atoms with van der Waals surface area (Å²) in [4.78, 5) is 4.75. The van der Waals surface area contributed by atoms with E-state index in [2.05, 4.69) is 66.4 Å². The van der Waals surface area contributed by atoms with Crippen LogP contribution >= 0.6 is 27.5 Å². The molecule has 21 heavy (non-hydrogen) atoms. The molecule has 0 aliphatic heterocycles. The molecule has 1 aromatic heterocycles. The first-order valence-corrected chi connectivity index (χ1v) is 8.84. The van der Waals surface area contributed by atoms with Crippen molar-refractivity contribution in [3.63, 3.8) is 0 Å². The van der Waals surface area contributed by atoms with E-state index in [4.69, 9.17) is 16.6 Å². The molecule has 1 heterocycles. The number of hydrogen-bond donors (Lipinski definition) is 0. The molecule has 1 unspecified atom stereocenters. The standard InChI is InChI=1S/C17H24BrClN2/c1-10(2)14(11(3)4)9-21-16-7-6-13(18)8-15(16)20-17(21)12(5)19/h6-8,10-12,14H,9H2,1-5H3. The second-order valence-corrected chi connectivity index (χ2v) is 8.05. The van der Waals surface area contributed by atoms with E-state index in [-0.39, 0.29) is 5.38 Å². The number of fused-ring (bicyclic) bond motifs is 1. The number of hydrogen-bond acceptors (Lipinski definition) is 1. The molecule has 2 nitrogen and oxygen atoms in total. The van der Waals surface area contributed by atoms with Crippen molar-refractivity contribution in [2.24, 2.45) is 17.8 Å². The molecule has 0 N–H and O–H groups in total. The monoisotopic (exact) mass is 370 g/mol. The molecule has 0 amide bonds. The van der Waals surface area contributed by atoms with Gasteiger partial charge in [-0.15, -0.1) is 11.6 Å². The molecule has 2 rings (SSSR count). The lowest BCUT2D eigenvalue weighted by Gasteiger charge is -2.26. The number of imidazole rings is 1. The summed E-state index contributed by atoms with van der Waals surface area (Å²) < 4.78 is 3.36. The van der Waals surface area contributed by atoms with Gasteiger partial charge in [0.05, 0.1) is 16.4 Å². The summed E-state index contributed by atoms with van der Waals surface area (Å²) in [6.45, 7) is 12.1. The Kier molecular flexibility index (Phi) is 5.37. The molecule has 2 aromatic rings. The molecular weight excluding hydrogens is 348 g/mol. The fourth-order valence-corrected chi connectivity index (χ4v) is 3.53. The van der Waals surface area contributed by atoms with Gasteiger partial charge >= 0.3 is 0 Å². The minimum atomic E-state index is -0.0869. The zero-order chi connectivity index (χ0) is 15.7. The van der Waals surface area contributed by atoms with E-state index in [0.717, 1.165) is 22.4 Å². The highest BCUT2D eigenvalue weighted by molar-refractivity contribution is 9.10. The quantitative estimate of drug-likeness (QED) is 0.587. The van der Waals surface area contributed by atoms with Crippen LogP contribution in [0.3, 0.4) is 0 Å². The van der Waals surface area contributed by atoms with E-state index < -0.39 is 0 Å². The predicted molar refractivity (Wildman–Crippen MR) is 94.9 cm³/mol. The highest BCUT2D eigenvalue weighted by Gasteiger charge is 2.22. The second-order valence-electron chi connectivity index (χ2n) is 6.48. The topological polar surface area (TPSA) is 17.8 Å². The summed E-state index contributed by atoms with van der Waals surface area (Å²) in [5.41, 5.74) is 2.19. The number of halogens is 2. The van der Waals surface area contributed by atoms with Gasteiger partial charge in [0.25, 0.3) is 0 Å². The largest absolute Gasteiger partial charge is 0.326 e. The third-order valence-electron chi connectivity index (χ3n) is 4.20. The SMILES string of the molecule is CC(Cl)c1nc2cc(Br)ccc2n1CC(C(C)C)C(C)C. The zero-order valence-electron chi connectivity index (χ0n) is 13.4. The van der Waals surface area contributed by atoms with Gasteiger partial charge in [-0.25, -0.2) is 4.98 Å². The molecule has 0 spiro atoms. The van der Waals surface area contributed by atoms with Crippen molar-refractivity contribution in [3.8, 4) is 0 Å². The van der Waals surface area contributed by atoms with E-state index in [1.807, 2.05) is 6.92 Å². The first-order chi connectivity index (χ1) is 9.81. The van der Waals surface area contributed by atoms with Crippen molar-refractivity contribution in [1.82, 2.24) is 9.55 Å². The summed E-state index contributed by atoms with van der Waals surface area (Å²) in [5.74, 6) is 2.85. The molecule has 0 bridgehead atoms. The van der Waals surface area contributed by atoms with Crippen LogP contribution in [0, 0.1) is 17.8 Å². The van der Waals surface area contributed by atoms with Gasteiger partial charge in [0.2, 0.25) is 0 Å². The van der Waals surface area contributed by atoms with Crippen molar-refractivity contribution < 1.29 is 0 Å². The number of rotatable bonds is 5. The van der Waals surface area contributed by atoms with Crippen LogP contribution in [0.1, 0.15) is 45.8 Å². The Balaban J connectivity index is 2.52. The van der Waals surface area contributed by atoms with Gasteiger partial charge in [0, 0.05) is 11.0 Å². The van der Waals surface area contributed by atoms with Crippen LogP contribution in [-0.2, 0) is 6.54 Å². The summed E-state index contributed by atoms with van der Waals surface area (Å²) in [6.07, 6.45) is 0.